The Morgan fingerprint density at radius 1 is 1.03 bits per heavy atom. The maximum atomic E-state index is 13.8. The van der Waals surface area contributed by atoms with Crippen molar-refractivity contribution >= 4 is 17.7 Å². The summed E-state index contributed by atoms with van der Waals surface area (Å²) in [7, 11) is 0. The zero-order valence-electron chi connectivity index (χ0n) is 21.0. The van der Waals surface area contributed by atoms with Gasteiger partial charge in [-0.2, -0.15) is 0 Å². The van der Waals surface area contributed by atoms with Crippen molar-refractivity contribution in [3.8, 4) is 0 Å². The Morgan fingerprint density at radius 2 is 1.69 bits per heavy atom. The first-order chi connectivity index (χ1) is 16.8. The van der Waals surface area contributed by atoms with Gasteiger partial charge in [0.1, 0.15) is 11.8 Å². The Morgan fingerprint density at radius 3 is 2.31 bits per heavy atom. The van der Waals surface area contributed by atoms with E-state index >= 15 is 0 Å². The maximum Gasteiger partial charge on any atom is 0.256 e. The van der Waals surface area contributed by atoms with Crippen LogP contribution < -0.4 is 5.32 Å². The van der Waals surface area contributed by atoms with Crippen LogP contribution in [0.3, 0.4) is 0 Å². The molecule has 7 nitrogen and oxygen atoms in total. The summed E-state index contributed by atoms with van der Waals surface area (Å²) in [5.41, 5.74) is 2.30. The zero-order chi connectivity index (χ0) is 25.2. The second-order valence-corrected chi connectivity index (χ2v) is 9.74. The van der Waals surface area contributed by atoms with Crippen LogP contribution in [0.5, 0.6) is 0 Å². The van der Waals surface area contributed by atoms with Crippen LogP contribution in [0, 0.1) is 13.8 Å². The number of hydrogen-bond donors (Lipinski definition) is 1. The molecule has 3 amide bonds. The number of nitrogens with one attached hydrogen (secondary N) is 1. The molecule has 2 aromatic rings. The zero-order valence-corrected chi connectivity index (χ0v) is 21.0. The van der Waals surface area contributed by atoms with Gasteiger partial charge in [0.25, 0.3) is 11.8 Å². The van der Waals surface area contributed by atoms with Crippen LogP contribution >= 0.6 is 0 Å². The number of carbonyl (C=O) groups is 3. The average Bonchev–Trinajstić information content (AvgIpc) is 3.23. The molecule has 0 aromatic heterocycles. The molecule has 0 aliphatic carbocycles. The van der Waals surface area contributed by atoms with Gasteiger partial charge in [0.05, 0.1) is 6.61 Å². The lowest BCUT2D eigenvalue weighted by Crippen LogP contribution is -2.60. The molecular weight excluding hydrogens is 442 g/mol. The lowest BCUT2D eigenvalue weighted by atomic mass is 9.95. The van der Waals surface area contributed by atoms with Gasteiger partial charge in [-0.3, -0.25) is 19.3 Å². The highest BCUT2D eigenvalue weighted by molar-refractivity contribution is 5.99. The summed E-state index contributed by atoms with van der Waals surface area (Å²) in [6.07, 6.45) is 1.71. The number of ether oxygens (including phenoxy) is 1. The SMILES string of the molecule is CCC(C)NC(=O)C1COC2(CCN(C(=O)c3ccccc3C)CC2)N1C(=O)c1ccc(C)cc1. The summed E-state index contributed by atoms with van der Waals surface area (Å²) in [6, 6.07) is 14.2. The summed E-state index contributed by atoms with van der Waals surface area (Å²) in [5.74, 6) is -0.431. The van der Waals surface area contributed by atoms with Gasteiger partial charge < -0.3 is 15.0 Å². The number of benzene rings is 2. The van der Waals surface area contributed by atoms with Gasteiger partial charge in [-0.25, -0.2) is 0 Å². The second-order valence-electron chi connectivity index (χ2n) is 9.74. The highest BCUT2D eigenvalue weighted by Crippen LogP contribution is 2.39. The molecule has 2 aliphatic rings. The highest BCUT2D eigenvalue weighted by Gasteiger charge is 2.54. The van der Waals surface area contributed by atoms with Crippen molar-refractivity contribution in [3.63, 3.8) is 0 Å². The van der Waals surface area contributed by atoms with Crippen LogP contribution in [-0.4, -0.2) is 65.0 Å². The van der Waals surface area contributed by atoms with Gasteiger partial charge in [0, 0.05) is 43.1 Å². The van der Waals surface area contributed by atoms with E-state index in [4.69, 9.17) is 4.74 Å². The standard InChI is InChI=1S/C28H35N3O4/c1-5-21(4)29-25(32)24-18-35-28(31(24)26(33)22-12-10-19(2)11-13-22)14-16-30(17-15-28)27(34)23-9-7-6-8-20(23)3/h6-13,21,24H,5,14-18H2,1-4H3,(H,29,32). The number of piperidine rings is 1. The Kier molecular flexibility index (Phi) is 7.26. The quantitative estimate of drug-likeness (QED) is 0.712. The molecular formula is C28H35N3O4. The first kappa shape index (κ1) is 24.9. The van der Waals surface area contributed by atoms with Crippen molar-refractivity contribution in [2.75, 3.05) is 19.7 Å². The third kappa shape index (κ3) is 4.96. The lowest BCUT2D eigenvalue weighted by molar-refractivity contribution is -0.128. The number of rotatable bonds is 5. The van der Waals surface area contributed by atoms with Crippen LogP contribution in [0.2, 0.25) is 0 Å². The Bertz CT molecular complexity index is 1090. The molecule has 7 heteroatoms. The van der Waals surface area contributed by atoms with Gasteiger partial charge in [-0.15, -0.1) is 0 Å². The monoisotopic (exact) mass is 477 g/mol. The van der Waals surface area contributed by atoms with E-state index in [0.717, 1.165) is 17.5 Å². The molecule has 35 heavy (non-hydrogen) atoms. The molecule has 2 fully saturated rings. The van der Waals surface area contributed by atoms with Gasteiger partial charge in [-0.1, -0.05) is 42.8 Å². The fraction of sp³-hybridized carbons (Fsp3) is 0.464. The van der Waals surface area contributed by atoms with Crippen molar-refractivity contribution in [1.29, 1.82) is 0 Å². The number of likely N-dealkylation sites (tertiary alicyclic amines) is 1. The Hall–Kier alpha value is -3.19. The van der Waals surface area contributed by atoms with E-state index in [1.807, 2.05) is 69.0 Å². The summed E-state index contributed by atoms with van der Waals surface area (Å²) in [6.45, 7) is 8.90. The van der Waals surface area contributed by atoms with Crippen LogP contribution in [0.25, 0.3) is 0 Å². The van der Waals surface area contributed by atoms with Gasteiger partial charge >= 0.3 is 0 Å². The first-order valence-corrected chi connectivity index (χ1v) is 12.5. The molecule has 0 bridgehead atoms. The molecule has 0 radical (unpaired) electrons. The van der Waals surface area contributed by atoms with Gasteiger partial charge in [0.2, 0.25) is 5.91 Å². The minimum atomic E-state index is -0.915. The van der Waals surface area contributed by atoms with E-state index in [-0.39, 0.29) is 30.4 Å². The van der Waals surface area contributed by atoms with Crippen LogP contribution in [0.15, 0.2) is 48.5 Å². The predicted octanol–water partition coefficient (Wildman–Crippen LogP) is 3.69. The summed E-state index contributed by atoms with van der Waals surface area (Å²) < 4.78 is 6.27. The van der Waals surface area contributed by atoms with Gasteiger partial charge in [-0.05, 0) is 51.0 Å². The molecule has 2 atom stereocenters. The van der Waals surface area contributed by atoms with Crippen molar-refractivity contribution in [2.24, 2.45) is 0 Å². The van der Waals surface area contributed by atoms with Crippen molar-refractivity contribution in [3.05, 3.63) is 70.8 Å². The lowest BCUT2D eigenvalue weighted by Gasteiger charge is -2.44. The van der Waals surface area contributed by atoms with Crippen molar-refractivity contribution < 1.29 is 19.1 Å². The molecule has 2 aromatic carbocycles. The van der Waals surface area contributed by atoms with Crippen LogP contribution in [0.1, 0.15) is 65.0 Å². The fourth-order valence-electron chi connectivity index (χ4n) is 4.89. The summed E-state index contributed by atoms with van der Waals surface area (Å²) >= 11 is 0. The molecule has 2 unspecified atom stereocenters. The second kappa shape index (κ2) is 10.2. The van der Waals surface area contributed by atoms with Crippen LogP contribution in [-0.2, 0) is 9.53 Å². The molecule has 0 saturated carbocycles. The topological polar surface area (TPSA) is 79.0 Å². The minimum absolute atomic E-state index is 0.00366. The number of nitrogens with zero attached hydrogens (tertiary/aromatic N) is 2. The fourth-order valence-corrected chi connectivity index (χ4v) is 4.89. The van der Waals surface area contributed by atoms with Crippen LogP contribution in [0.4, 0.5) is 0 Å². The van der Waals surface area contributed by atoms with Crippen molar-refractivity contribution in [1.82, 2.24) is 15.1 Å². The third-order valence-electron chi connectivity index (χ3n) is 7.29. The first-order valence-electron chi connectivity index (χ1n) is 12.5. The molecule has 2 heterocycles. The number of aryl methyl sites for hydroxylation is 2. The summed E-state index contributed by atoms with van der Waals surface area (Å²) in [4.78, 5) is 43.6. The van der Waals surface area contributed by atoms with E-state index in [1.165, 1.54) is 0 Å². The average molecular weight is 478 g/mol. The Labute approximate surface area is 207 Å². The molecule has 186 valence electrons. The predicted molar refractivity (Wildman–Crippen MR) is 134 cm³/mol. The largest absolute Gasteiger partial charge is 0.353 e. The number of hydrogen-bond acceptors (Lipinski definition) is 4. The van der Waals surface area contributed by atoms with E-state index in [1.54, 1.807) is 17.0 Å². The van der Waals surface area contributed by atoms with E-state index in [2.05, 4.69) is 5.32 Å². The third-order valence-corrected chi connectivity index (χ3v) is 7.29. The van der Waals surface area contributed by atoms with E-state index in [0.29, 0.717) is 37.1 Å². The molecule has 4 rings (SSSR count). The highest BCUT2D eigenvalue weighted by atomic mass is 16.5. The molecule has 2 aliphatic heterocycles. The minimum Gasteiger partial charge on any atom is -0.353 e. The maximum absolute atomic E-state index is 13.8. The Balaban J connectivity index is 1.58. The van der Waals surface area contributed by atoms with Gasteiger partial charge in [0.15, 0.2) is 0 Å². The van der Waals surface area contributed by atoms with Crippen molar-refractivity contribution in [2.45, 2.75) is 64.8 Å². The molecule has 2 saturated heterocycles. The number of amides is 3. The van der Waals surface area contributed by atoms with E-state index < -0.39 is 11.8 Å². The molecule has 1 spiro atoms. The summed E-state index contributed by atoms with van der Waals surface area (Å²) in [5, 5.41) is 3.02. The molecule has 1 N–H and O–H groups in total. The number of carbonyl (C=O) groups excluding carboxylic acids is 3. The smallest absolute Gasteiger partial charge is 0.256 e. The van der Waals surface area contributed by atoms with E-state index in [9.17, 15) is 14.4 Å². The normalized spacial score (nSPS) is 20.1.